The molecular formula is C13H16Cl2N3O2+. The van der Waals surface area contributed by atoms with Gasteiger partial charge in [-0.3, -0.25) is 9.59 Å². The Kier molecular flexibility index (Phi) is 4.86. The van der Waals surface area contributed by atoms with Gasteiger partial charge in [-0.25, -0.2) is 0 Å². The summed E-state index contributed by atoms with van der Waals surface area (Å²) in [4.78, 5) is 24.5. The largest absolute Gasteiger partial charge is 0.346 e. The minimum Gasteiger partial charge on any atom is -0.346 e. The van der Waals surface area contributed by atoms with E-state index in [4.69, 9.17) is 23.2 Å². The average molecular weight is 317 g/mol. The van der Waals surface area contributed by atoms with Crippen LogP contribution in [0, 0.1) is 0 Å². The SMILES string of the molecule is C[C@@H](C(=O)Nc1ccc(Cl)cc1Cl)[NH+]1CCNC(=O)C1. The third-order valence-corrected chi connectivity index (χ3v) is 3.90. The van der Waals surface area contributed by atoms with Gasteiger partial charge in [0.05, 0.1) is 23.8 Å². The van der Waals surface area contributed by atoms with Gasteiger partial charge in [0.25, 0.3) is 11.8 Å². The molecule has 0 saturated carbocycles. The van der Waals surface area contributed by atoms with Crippen LogP contribution < -0.4 is 15.5 Å². The summed E-state index contributed by atoms with van der Waals surface area (Å²) in [5, 5.41) is 6.42. The van der Waals surface area contributed by atoms with Crippen molar-refractivity contribution in [3.63, 3.8) is 0 Å². The minimum atomic E-state index is -0.326. The zero-order chi connectivity index (χ0) is 14.7. The fourth-order valence-corrected chi connectivity index (χ4v) is 2.56. The average Bonchev–Trinajstić information content (AvgIpc) is 2.41. The predicted molar refractivity (Wildman–Crippen MR) is 78.3 cm³/mol. The number of halogens is 2. The van der Waals surface area contributed by atoms with Crippen LogP contribution in [0.3, 0.4) is 0 Å². The van der Waals surface area contributed by atoms with E-state index in [9.17, 15) is 9.59 Å². The van der Waals surface area contributed by atoms with Gasteiger partial charge in [-0.05, 0) is 25.1 Å². The van der Waals surface area contributed by atoms with Crippen LogP contribution in [0.15, 0.2) is 18.2 Å². The van der Waals surface area contributed by atoms with Crippen LogP contribution in [0.1, 0.15) is 6.92 Å². The molecule has 1 heterocycles. The number of anilines is 1. The summed E-state index contributed by atoms with van der Waals surface area (Å²) in [6.45, 7) is 3.43. The molecule has 2 rings (SSSR count). The van der Waals surface area contributed by atoms with Crippen molar-refractivity contribution >= 4 is 40.7 Å². The molecule has 1 aliphatic heterocycles. The van der Waals surface area contributed by atoms with E-state index in [1.165, 1.54) is 0 Å². The quantitative estimate of drug-likeness (QED) is 0.753. The lowest BCUT2D eigenvalue weighted by Crippen LogP contribution is -3.19. The van der Waals surface area contributed by atoms with Crippen LogP contribution in [0.25, 0.3) is 0 Å². The fourth-order valence-electron chi connectivity index (χ4n) is 2.11. The molecule has 0 aliphatic carbocycles. The number of hydrogen-bond donors (Lipinski definition) is 3. The lowest BCUT2D eigenvalue weighted by molar-refractivity contribution is -0.907. The van der Waals surface area contributed by atoms with E-state index >= 15 is 0 Å². The zero-order valence-corrected chi connectivity index (χ0v) is 12.5. The Morgan fingerprint density at radius 3 is 2.85 bits per heavy atom. The van der Waals surface area contributed by atoms with Gasteiger partial charge in [0.1, 0.15) is 0 Å². The number of piperazine rings is 1. The molecule has 1 aliphatic rings. The smallest absolute Gasteiger partial charge is 0.282 e. The van der Waals surface area contributed by atoms with Gasteiger partial charge in [-0.2, -0.15) is 0 Å². The Labute approximate surface area is 127 Å². The second-order valence-corrected chi connectivity index (χ2v) is 5.61. The second-order valence-electron chi connectivity index (χ2n) is 4.77. The second kappa shape index (κ2) is 6.43. The van der Waals surface area contributed by atoms with E-state index in [1.54, 1.807) is 25.1 Å². The molecule has 1 unspecified atom stereocenters. The summed E-state index contributed by atoms with van der Waals surface area (Å²) in [6, 6.07) is 4.57. The number of hydrogen-bond acceptors (Lipinski definition) is 2. The molecule has 2 atom stereocenters. The molecular weight excluding hydrogens is 301 g/mol. The van der Waals surface area contributed by atoms with Gasteiger partial charge < -0.3 is 15.5 Å². The van der Waals surface area contributed by atoms with Crippen LogP contribution in [-0.4, -0.2) is 37.5 Å². The summed E-state index contributed by atoms with van der Waals surface area (Å²) in [5.41, 5.74) is 0.522. The Bertz CT molecular complexity index is 536. The van der Waals surface area contributed by atoms with Gasteiger partial charge in [0.15, 0.2) is 12.6 Å². The molecule has 1 saturated heterocycles. The minimum absolute atomic E-state index is 0.0320. The molecule has 0 aromatic heterocycles. The van der Waals surface area contributed by atoms with Crippen molar-refractivity contribution in [3.8, 4) is 0 Å². The Morgan fingerprint density at radius 2 is 2.20 bits per heavy atom. The molecule has 2 amide bonds. The highest BCUT2D eigenvalue weighted by Crippen LogP contribution is 2.25. The number of amides is 2. The zero-order valence-electron chi connectivity index (χ0n) is 11.0. The van der Waals surface area contributed by atoms with Crippen molar-refractivity contribution < 1.29 is 14.5 Å². The Balaban J connectivity index is 2.01. The monoisotopic (exact) mass is 316 g/mol. The summed E-state index contributed by atoms with van der Waals surface area (Å²) >= 11 is 11.8. The summed E-state index contributed by atoms with van der Waals surface area (Å²) in [5.74, 6) is -0.200. The first kappa shape index (κ1) is 15.1. The standard InChI is InChI=1S/C13H15Cl2N3O2/c1-8(18-5-4-16-12(19)7-18)13(20)17-11-3-2-9(14)6-10(11)15/h2-3,6,8H,4-5,7H2,1H3,(H,16,19)(H,17,20)/p+1/t8-/m0/s1. The third-order valence-electron chi connectivity index (χ3n) is 3.35. The molecule has 20 heavy (non-hydrogen) atoms. The predicted octanol–water partition coefficient (Wildman–Crippen LogP) is 0.335. The normalized spacial score (nSPS) is 20.1. The maximum Gasteiger partial charge on any atom is 0.282 e. The Morgan fingerprint density at radius 1 is 1.45 bits per heavy atom. The van der Waals surface area contributed by atoms with Crippen molar-refractivity contribution in [1.82, 2.24) is 5.32 Å². The number of carbonyl (C=O) groups is 2. The van der Waals surface area contributed by atoms with Gasteiger partial charge >= 0.3 is 0 Å². The third kappa shape index (κ3) is 3.62. The van der Waals surface area contributed by atoms with E-state index in [0.717, 1.165) is 11.4 Å². The summed E-state index contributed by atoms with van der Waals surface area (Å²) in [6.07, 6.45) is 0. The molecule has 0 bridgehead atoms. The van der Waals surface area contributed by atoms with E-state index in [1.807, 2.05) is 0 Å². The van der Waals surface area contributed by atoms with E-state index in [0.29, 0.717) is 28.8 Å². The highest BCUT2D eigenvalue weighted by Gasteiger charge is 2.29. The van der Waals surface area contributed by atoms with Crippen molar-refractivity contribution in [2.75, 3.05) is 25.0 Å². The lowest BCUT2D eigenvalue weighted by atomic mass is 10.2. The highest BCUT2D eigenvalue weighted by molar-refractivity contribution is 6.36. The van der Waals surface area contributed by atoms with Crippen molar-refractivity contribution in [3.05, 3.63) is 28.2 Å². The Hall–Kier alpha value is -1.30. The van der Waals surface area contributed by atoms with Gasteiger partial charge in [0.2, 0.25) is 0 Å². The molecule has 0 radical (unpaired) electrons. The number of benzene rings is 1. The van der Waals surface area contributed by atoms with E-state index in [-0.39, 0.29) is 17.9 Å². The number of carbonyl (C=O) groups excluding carboxylic acids is 2. The maximum absolute atomic E-state index is 12.2. The molecule has 1 aromatic carbocycles. The molecule has 5 nitrogen and oxygen atoms in total. The number of quaternary nitrogens is 1. The topological polar surface area (TPSA) is 62.6 Å². The highest BCUT2D eigenvalue weighted by atomic mass is 35.5. The maximum atomic E-state index is 12.2. The van der Waals surface area contributed by atoms with Crippen molar-refractivity contribution in [2.45, 2.75) is 13.0 Å². The molecule has 1 fully saturated rings. The van der Waals surface area contributed by atoms with Gasteiger partial charge in [0, 0.05) is 5.02 Å². The van der Waals surface area contributed by atoms with Crippen LogP contribution in [-0.2, 0) is 9.59 Å². The number of rotatable bonds is 3. The molecule has 108 valence electrons. The molecule has 1 aromatic rings. The van der Waals surface area contributed by atoms with Crippen molar-refractivity contribution in [2.24, 2.45) is 0 Å². The molecule has 3 N–H and O–H groups in total. The summed E-state index contributed by atoms with van der Waals surface area (Å²) < 4.78 is 0. The number of nitrogens with one attached hydrogen (secondary N) is 3. The van der Waals surface area contributed by atoms with Crippen LogP contribution >= 0.6 is 23.2 Å². The molecule has 0 spiro atoms. The first-order chi connectivity index (χ1) is 9.47. The van der Waals surface area contributed by atoms with Crippen LogP contribution in [0.5, 0.6) is 0 Å². The molecule has 7 heteroatoms. The van der Waals surface area contributed by atoms with Crippen LogP contribution in [0.4, 0.5) is 5.69 Å². The fraction of sp³-hybridized carbons (Fsp3) is 0.385. The van der Waals surface area contributed by atoms with Gasteiger partial charge in [-0.15, -0.1) is 0 Å². The van der Waals surface area contributed by atoms with Crippen molar-refractivity contribution in [1.29, 1.82) is 0 Å². The first-order valence-corrected chi connectivity index (χ1v) is 7.10. The lowest BCUT2D eigenvalue weighted by Gasteiger charge is -2.28. The van der Waals surface area contributed by atoms with Gasteiger partial charge in [-0.1, -0.05) is 23.2 Å². The van der Waals surface area contributed by atoms with E-state index < -0.39 is 0 Å². The van der Waals surface area contributed by atoms with Crippen LogP contribution in [0.2, 0.25) is 10.0 Å². The summed E-state index contributed by atoms with van der Waals surface area (Å²) in [7, 11) is 0. The van der Waals surface area contributed by atoms with E-state index in [2.05, 4.69) is 10.6 Å². The first-order valence-electron chi connectivity index (χ1n) is 6.34.